The van der Waals surface area contributed by atoms with Crippen molar-refractivity contribution >= 4 is 29.6 Å². The number of pyridine rings is 1. The van der Waals surface area contributed by atoms with Gasteiger partial charge in [0.2, 0.25) is 17.4 Å². The van der Waals surface area contributed by atoms with E-state index in [1.54, 1.807) is 32.9 Å². The third kappa shape index (κ3) is 6.38. The molecule has 4 rings (SSSR count). The lowest BCUT2D eigenvalue weighted by Gasteiger charge is -2.35. The Morgan fingerprint density at radius 2 is 2.02 bits per heavy atom. The standard InChI is InChI=1S/C26H35F3N6O7/c1-24(2,3)18(32-23(39)40-4)21(37)35-10-14(26(27,28)29)8-15(35)11-41-13-34-12-25(9-16(34)19(30)36)22(38)33-20-17(42-25)6-5-7-31-20/h5-7,14-16,18H,8-13H2,1-4H3,(H2,30,36)(H,32,39)(H,31,33,38)/t14-,15+,16+,18-,25-/m1/s1. The molecule has 3 aliphatic rings. The van der Waals surface area contributed by atoms with Gasteiger partial charge in [-0.25, -0.2) is 9.78 Å². The van der Waals surface area contributed by atoms with Crippen LogP contribution < -0.4 is 21.1 Å². The Morgan fingerprint density at radius 3 is 2.64 bits per heavy atom. The van der Waals surface area contributed by atoms with Crippen molar-refractivity contribution in [1.82, 2.24) is 20.1 Å². The number of amides is 4. The number of rotatable bonds is 7. The fourth-order valence-electron chi connectivity index (χ4n) is 5.52. The monoisotopic (exact) mass is 600 g/mol. The van der Waals surface area contributed by atoms with Crippen molar-refractivity contribution in [2.75, 3.05) is 38.9 Å². The molecule has 4 amide bonds. The zero-order chi connectivity index (χ0) is 31.0. The molecular weight excluding hydrogens is 565 g/mol. The van der Waals surface area contributed by atoms with Gasteiger partial charge in [0.05, 0.1) is 45.0 Å². The Bertz CT molecular complexity index is 1230. The molecule has 0 radical (unpaired) electrons. The first-order chi connectivity index (χ1) is 19.6. The van der Waals surface area contributed by atoms with Crippen molar-refractivity contribution in [2.24, 2.45) is 17.1 Å². The van der Waals surface area contributed by atoms with Gasteiger partial charge in [0, 0.05) is 19.2 Å². The minimum absolute atomic E-state index is 0.0808. The van der Waals surface area contributed by atoms with Crippen LogP contribution in [0.3, 0.4) is 0 Å². The lowest BCUT2D eigenvalue weighted by molar-refractivity contribution is -0.171. The summed E-state index contributed by atoms with van der Waals surface area (Å²) in [6.07, 6.45) is -4.46. The number of ether oxygens (including phenoxy) is 3. The second-order valence-electron chi connectivity index (χ2n) is 11.8. The van der Waals surface area contributed by atoms with Crippen LogP contribution in [0.5, 0.6) is 5.75 Å². The van der Waals surface area contributed by atoms with E-state index in [9.17, 15) is 32.3 Å². The molecular formula is C26H35F3N6O7. The zero-order valence-corrected chi connectivity index (χ0v) is 23.7. The summed E-state index contributed by atoms with van der Waals surface area (Å²) in [5.74, 6) is -3.21. The van der Waals surface area contributed by atoms with E-state index in [0.29, 0.717) is 5.75 Å². The van der Waals surface area contributed by atoms with Crippen molar-refractivity contribution in [3.8, 4) is 5.75 Å². The predicted molar refractivity (Wildman–Crippen MR) is 140 cm³/mol. The topological polar surface area (TPSA) is 165 Å². The van der Waals surface area contributed by atoms with Gasteiger partial charge in [-0.2, -0.15) is 13.2 Å². The molecule has 232 valence electrons. The molecule has 0 bridgehead atoms. The molecule has 0 aromatic carbocycles. The molecule has 0 unspecified atom stereocenters. The second-order valence-corrected chi connectivity index (χ2v) is 11.8. The molecule has 16 heteroatoms. The van der Waals surface area contributed by atoms with Crippen LogP contribution in [0.15, 0.2) is 18.3 Å². The Labute approximate surface area is 240 Å². The minimum Gasteiger partial charge on any atom is -0.472 e. The van der Waals surface area contributed by atoms with Crippen LogP contribution >= 0.6 is 0 Å². The van der Waals surface area contributed by atoms with Crippen molar-refractivity contribution in [2.45, 2.75) is 63.5 Å². The van der Waals surface area contributed by atoms with Crippen molar-refractivity contribution in [3.05, 3.63) is 18.3 Å². The highest BCUT2D eigenvalue weighted by Gasteiger charge is 2.56. The van der Waals surface area contributed by atoms with Crippen LogP contribution in [-0.4, -0.2) is 102 Å². The van der Waals surface area contributed by atoms with E-state index in [2.05, 4.69) is 20.4 Å². The third-order valence-corrected chi connectivity index (χ3v) is 7.76. The second kappa shape index (κ2) is 11.6. The summed E-state index contributed by atoms with van der Waals surface area (Å²) >= 11 is 0. The van der Waals surface area contributed by atoms with Crippen molar-refractivity contribution in [3.63, 3.8) is 0 Å². The quantitative estimate of drug-likeness (QED) is 0.417. The van der Waals surface area contributed by atoms with E-state index >= 15 is 0 Å². The number of fused-ring (bicyclic) bond motifs is 1. The smallest absolute Gasteiger partial charge is 0.407 e. The number of anilines is 1. The molecule has 13 nitrogen and oxygen atoms in total. The first-order valence-corrected chi connectivity index (χ1v) is 13.3. The number of primary amides is 1. The molecule has 1 aromatic heterocycles. The summed E-state index contributed by atoms with van der Waals surface area (Å²) in [6.45, 7) is 3.73. The first kappa shape index (κ1) is 31.3. The Balaban J connectivity index is 1.48. The number of alkyl carbamates (subject to hydrolysis) is 1. The molecule has 4 heterocycles. The molecule has 2 fully saturated rings. The Hall–Kier alpha value is -3.66. The highest BCUT2D eigenvalue weighted by Crippen LogP contribution is 2.40. The number of halogens is 3. The summed E-state index contributed by atoms with van der Waals surface area (Å²) in [7, 11) is 1.12. The lowest BCUT2D eigenvalue weighted by atomic mass is 9.85. The molecule has 5 atom stereocenters. The molecule has 3 aliphatic heterocycles. The van der Waals surface area contributed by atoms with E-state index in [1.807, 2.05) is 0 Å². The van der Waals surface area contributed by atoms with E-state index in [4.69, 9.17) is 15.2 Å². The molecule has 1 aromatic rings. The highest BCUT2D eigenvalue weighted by molar-refractivity contribution is 6.01. The van der Waals surface area contributed by atoms with Gasteiger partial charge in [0.15, 0.2) is 11.6 Å². The number of hydrogen-bond acceptors (Lipinski definition) is 9. The van der Waals surface area contributed by atoms with Gasteiger partial charge in [-0.15, -0.1) is 0 Å². The van der Waals surface area contributed by atoms with Gasteiger partial charge in [0.1, 0.15) is 6.04 Å². The van der Waals surface area contributed by atoms with Crippen molar-refractivity contribution < 1.29 is 46.6 Å². The first-order valence-electron chi connectivity index (χ1n) is 13.3. The largest absolute Gasteiger partial charge is 0.472 e. The minimum atomic E-state index is -4.56. The van der Waals surface area contributed by atoms with Gasteiger partial charge in [-0.1, -0.05) is 20.8 Å². The van der Waals surface area contributed by atoms with Gasteiger partial charge in [-0.3, -0.25) is 19.3 Å². The maximum absolute atomic E-state index is 13.7. The van der Waals surface area contributed by atoms with Gasteiger partial charge in [-0.05, 0) is 24.0 Å². The molecule has 0 saturated carbocycles. The number of hydrogen-bond donors (Lipinski definition) is 3. The number of carbonyl (C=O) groups is 4. The normalized spacial score (nSPS) is 26.8. The van der Waals surface area contributed by atoms with Crippen LogP contribution in [0.25, 0.3) is 0 Å². The average molecular weight is 601 g/mol. The fraction of sp³-hybridized carbons (Fsp3) is 0.654. The number of alkyl halides is 3. The van der Waals surface area contributed by atoms with Gasteiger partial charge in [0.25, 0.3) is 5.91 Å². The summed E-state index contributed by atoms with van der Waals surface area (Å²) in [5, 5.41) is 5.10. The predicted octanol–water partition coefficient (Wildman–Crippen LogP) is 1.24. The number of methoxy groups -OCH3 is 1. The number of nitrogens with two attached hydrogens (primary N) is 1. The number of likely N-dealkylation sites (tertiary alicyclic amines) is 2. The summed E-state index contributed by atoms with van der Waals surface area (Å²) < 4.78 is 57.6. The zero-order valence-electron chi connectivity index (χ0n) is 23.7. The maximum atomic E-state index is 13.7. The van der Waals surface area contributed by atoms with Crippen LogP contribution in [0.2, 0.25) is 0 Å². The molecule has 42 heavy (non-hydrogen) atoms. The van der Waals surface area contributed by atoms with Crippen LogP contribution in [0, 0.1) is 11.3 Å². The van der Waals surface area contributed by atoms with E-state index < -0.39 is 78.0 Å². The third-order valence-electron chi connectivity index (χ3n) is 7.76. The molecule has 0 aliphatic carbocycles. The van der Waals surface area contributed by atoms with E-state index in [0.717, 1.165) is 12.0 Å². The van der Waals surface area contributed by atoms with E-state index in [1.165, 1.54) is 11.1 Å². The average Bonchev–Trinajstić information content (AvgIpc) is 3.50. The molecule has 1 spiro atoms. The van der Waals surface area contributed by atoms with E-state index in [-0.39, 0.29) is 32.1 Å². The Kier molecular flexibility index (Phi) is 8.60. The Morgan fingerprint density at radius 1 is 1.31 bits per heavy atom. The van der Waals surface area contributed by atoms with Crippen molar-refractivity contribution in [1.29, 1.82) is 0 Å². The number of nitrogens with zero attached hydrogens (tertiary/aromatic N) is 3. The summed E-state index contributed by atoms with van der Waals surface area (Å²) in [4.78, 5) is 57.3. The maximum Gasteiger partial charge on any atom is 0.407 e. The SMILES string of the molecule is COC(=O)N[C@H](C(=O)N1C[C@H](C(F)(F)F)C[C@H]1COCN1C[C@@]2(C[C@H]1C(N)=O)Oc1cccnc1NC2=O)C(C)(C)C. The molecule has 2 saturated heterocycles. The fourth-order valence-corrected chi connectivity index (χ4v) is 5.52. The van der Waals surface area contributed by atoms with Gasteiger partial charge < -0.3 is 35.5 Å². The molecule has 4 N–H and O–H groups in total. The van der Waals surface area contributed by atoms with Crippen LogP contribution in [-0.2, 0) is 23.9 Å². The summed E-state index contributed by atoms with van der Waals surface area (Å²) in [5.41, 5.74) is 3.30. The lowest BCUT2D eigenvalue weighted by Crippen LogP contribution is -2.56. The highest BCUT2D eigenvalue weighted by atomic mass is 19.4. The number of aromatic nitrogens is 1. The van der Waals surface area contributed by atoms with Gasteiger partial charge >= 0.3 is 12.3 Å². The number of nitrogens with one attached hydrogen (secondary N) is 2. The summed E-state index contributed by atoms with van der Waals surface area (Å²) in [6, 6.07) is 0.123. The van der Waals surface area contributed by atoms with Crippen LogP contribution in [0.4, 0.5) is 23.8 Å². The number of carbonyl (C=O) groups excluding carboxylic acids is 4. The van der Waals surface area contributed by atoms with Crippen LogP contribution in [0.1, 0.15) is 33.6 Å².